The van der Waals surface area contributed by atoms with Crippen LogP contribution < -0.4 is 37.6 Å². The standard InChI is InChI=1S/C61H104N16O24/c1-37(81)66-52-43(99-46(34-78)55(87)58(52)90)28-40-31-75(72-69-40)13-19-96-25-22-93-16-10-63-49(84)4-7-61(62,8-5-50(85)64-11-17-94-23-26-97-20-14-76-32-41(70-73-76)29-44-53(67-38(2)82)59(91)56(88)47(35-79)100-44)9-6-51(86)65-12-18-95-24-27-98-21-15-77-33-42(71-74-77)30-45-54(68-39(3)83)60(92)57(89)48(36-80)101-45/h31-33,43-48,52-60,78-80,87-92H,4-30,34-36,62H2,1-3H3,(H,63,84)(H,64,85)(H,65,86)(H,66,81)(H,67,82)(H,68,83)/t43-,44-,45-,46+,47+,48+,52-,53-,54-,55-,56-,57-,58+,59+,60+/m0/s1. The summed E-state index contributed by atoms with van der Waals surface area (Å²) in [4.78, 5) is 74.6. The fourth-order valence-corrected chi connectivity index (χ4v) is 11.5. The molecule has 3 aromatic rings. The van der Waals surface area contributed by atoms with Crippen LogP contribution in [0.5, 0.6) is 0 Å². The van der Waals surface area contributed by atoms with Gasteiger partial charge < -0.3 is 126 Å². The molecule has 0 aromatic carbocycles. The Morgan fingerprint density at radius 3 is 0.921 bits per heavy atom. The number of nitrogens with zero attached hydrogens (tertiary/aromatic N) is 9. The van der Waals surface area contributed by atoms with E-state index in [2.05, 4.69) is 62.8 Å². The number of aromatic nitrogens is 9. The number of aliphatic hydroxyl groups excluding tert-OH is 9. The first-order valence-corrected chi connectivity index (χ1v) is 33.9. The summed E-state index contributed by atoms with van der Waals surface area (Å²) in [6.45, 7) is 6.51. The third kappa shape index (κ3) is 28.9. The third-order valence-corrected chi connectivity index (χ3v) is 17.0. The van der Waals surface area contributed by atoms with Gasteiger partial charge in [0.25, 0.3) is 0 Å². The van der Waals surface area contributed by atoms with E-state index in [9.17, 15) is 74.7 Å². The number of ether oxygens (including phenoxy) is 9. The van der Waals surface area contributed by atoms with Crippen molar-refractivity contribution >= 4 is 35.4 Å². The van der Waals surface area contributed by atoms with E-state index >= 15 is 0 Å². The summed E-state index contributed by atoms with van der Waals surface area (Å²) in [5.74, 6) is -2.22. The monoisotopic (exact) mass is 1440 g/mol. The fraction of sp³-hybridized carbons (Fsp3) is 0.803. The molecule has 6 amide bonds. The number of rotatable bonds is 48. The van der Waals surface area contributed by atoms with Crippen LogP contribution in [0.25, 0.3) is 0 Å². The van der Waals surface area contributed by atoms with Gasteiger partial charge in [-0.25, -0.2) is 14.0 Å². The first-order valence-electron chi connectivity index (χ1n) is 33.9. The van der Waals surface area contributed by atoms with Gasteiger partial charge in [-0.15, -0.1) is 15.3 Å². The van der Waals surface area contributed by atoms with E-state index in [0.717, 1.165) is 0 Å². The lowest BCUT2D eigenvalue weighted by atomic mass is 9.84. The van der Waals surface area contributed by atoms with Crippen molar-refractivity contribution < 1.29 is 117 Å². The molecule has 15 atom stereocenters. The zero-order valence-electron chi connectivity index (χ0n) is 57.4. The SMILES string of the molecule is CC(=O)N[C@@H]1[C@@H](O)[C@@H](O)[C@@H](CO)O[C@H]1Cc1cn(CCOCCOCCNC(=O)CCC(N)(CCC(=O)NCCOCCOCCn2cc(C[C@@H]3O[C@H](CO)[C@H](O)[C@H](O)[C@H]3NC(C)=O)nn2)CCC(=O)NCCOCCOCCn2cc(C[C@@H]3O[C@H](CO)[C@H](O)[C@H](O)[C@H]3NC(C)=O)nn2)nn1. The van der Waals surface area contributed by atoms with Crippen LogP contribution in [-0.2, 0) is 110 Å². The Labute approximate surface area is 583 Å². The summed E-state index contributed by atoms with van der Waals surface area (Å²) in [6.07, 6.45) is -8.06. The van der Waals surface area contributed by atoms with Gasteiger partial charge in [0.15, 0.2) is 0 Å². The van der Waals surface area contributed by atoms with E-state index < -0.39 is 134 Å². The molecule has 0 spiro atoms. The Hall–Kier alpha value is -6.52. The number of carbonyl (C=O) groups is 6. The van der Waals surface area contributed by atoms with Crippen LogP contribution in [0.4, 0.5) is 0 Å². The smallest absolute Gasteiger partial charge is 0.220 e. The second-order valence-electron chi connectivity index (χ2n) is 24.9. The molecule has 40 heteroatoms. The van der Waals surface area contributed by atoms with Crippen LogP contribution in [0.2, 0.25) is 0 Å². The minimum Gasteiger partial charge on any atom is -0.394 e. The summed E-state index contributed by atoms with van der Waals surface area (Å²) in [7, 11) is 0. The van der Waals surface area contributed by atoms with Gasteiger partial charge in [-0.1, -0.05) is 15.6 Å². The lowest BCUT2D eigenvalue weighted by Crippen LogP contribution is -2.64. The van der Waals surface area contributed by atoms with Crippen LogP contribution in [0.1, 0.15) is 76.4 Å². The van der Waals surface area contributed by atoms with Crippen molar-refractivity contribution in [2.45, 2.75) is 195 Å². The number of aliphatic hydroxyl groups is 9. The molecule has 3 saturated heterocycles. The van der Waals surface area contributed by atoms with Gasteiger partial charge in [-0.05, 0) is 19.3 Å². The molecule has 572 valence electrons. The molecule has 6 heterocycles. The van der Waals surface area contributed by atoms with E-state index in [1.807, 2.05) is 0 Å². The fourth-order valence-electron chi connectivity index (χ4n) is 11.5. The quantitative estimate of drug-likeness (QED) is 0.0234. The Balaban J connectivity index is 0.852. The molecule has 3 aliphatic rings. The van der Waals surface area contributed by atoms with Crippen LogP contribution in [0.15, 0.2) is 18.6 Å². The molecule has 40 nitrogen and oxygen atoms in total. The van der Waals surface area contributed by atoms with Crippen molar-refractivity contribution in [1.29, 1.82) is 0 Å². The molecule has 6 rings (SSSR count). The van der Waals surface area contributed by atoms with Gasteiger partial charge in [-0.2, -0.15) is 0 Å². The lowest BCUT2D eigenvalue weighted by molar-refractivity contribution is -0.194. The summed E-state index contributed by atoms with van der Waals surface area (Å²) in [6, 6.07) is -2.84. The van der Waals surface area contributed by atoms with Crippen molar-refractivity contribution in [1.82, 2.24) is 76.9 Å². The number of amides is 6. The summed E-state index contributed by atoms with van der Waals surface area (Å²) < 4.78 is 55.9. The topological polar surface area (TPSA) is 558 Å². The van der Waals surface area contributed by atoms with Crippen molar-refractivity contribution in [3.63, 3.8) is 0 Å². The predicted molar refractivity (Wildman–Crippen MR) is 346 cm³/mol. The Morgan fingerprint density at radius 1 is 0.416 bits per heavy atom. The second kappa shape index (κ2) is 44.2. The van der Waals surface area contributed by atoms with E-state index in [1.54, 1.807) is 32.6 Å². The molecule has 3 aromatic heterocycles. The first-order chi connectivity index (χ1) is 48.5. The van der Waals surface area contributed by atoms with Crippen LogP contribution in [0, 0.1) is 0 Å². The maximum atomic E-state index is 13.1. The minimum absolute atomic E-state index is 0.000265. The summed E-state index contributed by atoms with van der Waals surface area (Å²) in [5.41, 5.74) is 7.25. The van der Waals surface area contributed by atoms with Crippen molar-refractivity contribution in [2.75, 3.05) is 119 Å². The van der Waals surface area contributed by atoms with Crippen LogP contribution >= 0.6 is 0 Å². The van der Waals surface area contributed by atoms with Gasteiger partial charge in [-0.3, -0.25) is 28.8 Å². The molecule has 3 fully saturated rings. The van der Waals surface area contributed by atoms with E-state index in [1.165, 1.54) is 20.8 Å². The zero-order chi connectivity index (χ0) is 73.3. The molecule has 17 N–H and O–H groups in total. The normalized spacial score (nSPS) is 25.3. The maximum Gasteiger partial charge on any atom is 0.220 e. The van der Waals surface area contributed by atoms with Crippen molar-refractivity contribution in [2.24, 2.45) is 5.73 Å². The molecular weight excluding hydrogens is 1340 g/mol. The first kappa shape index (κ1) is 83.4. The molecule has 3 aliphatic heterocycles. The summed E-state index contributed by atoms with van der Waals surface area (Å²) in [5, 5.41) is 133. The average Bonchev–Trinajstić information content (AvgIpc) is 1.64. The zero-order valence-corrected chi connectivity index (χ0v) is 57.4. The van der Waals surface area contributed by atoms with Crippen molar-refractivity contribution in [3.8, 4) is 0 Å². The molecular formula is C61H104N16O24. The number of nitrogens with two attached hydrogens (primary N) is 1. The maximum absolute atomic E-state index is 13.1. The molecule has 0 radical (unpaired) electrons. The lowest BCUT2D eigenvalue weighted by Gasteiger charge is -2.42. The number of hydrogen-bond acceptors (Lipinski definition) is 31. The highest BCUT2D eigenvalue weighted by Gasteiger charge is 2.47. The highest BCUT2D eigenvalue weighted by atomic mass is 16.6. The van der Waals surface area contributed by atoms with Crippen LogP contribution in [0.3, 0.4) is 0 Å². The molecule has 101 heavy (non-hydrogen) atoms. The Morgan fingerprint density at radius 2 is 0.673 bits per heavy atom. The Bertz CT molecular complexity index is 2640. The molecule has 0 saturated carbocycles. The van der Waals surface area contributed by atoms with Crippen molar-refractivity contribution in [3.05, 3.63) is 35.7 Å². The average molecular weight is 1450 g/mol. The van der Waals surface area contributed by atoms with Gasteiger partial charge in [0.1, 0.15) is 54.9 Å². The molecule has 0 unspecified atom stereocenters. The van der Waals surface area contributed by atoms with Gasteiger partial charge in [0.2, 0.25) is 35.4 Å². The third-order valence-electron chi connectivity index (χ3n) is 17.0. The van der Waals surface area contributed by atoms with E-state index in [4.69, 9.17) is 48.4 Å². The number of carbonyl (C=O) groups excluding carboxylic acids is 6. The van der Waals surface area contributed by atoms with Gasteiger partial charge in [0.05, 0.1) is 172 Å². The predicted octanol–water partition coefficient (Wildman–Crippen LogP) is -9.07. The van der Waals surface area contributed by atoms with E-state index in [0.29, 0.717) is 36.7 Å². The second-order valence-corrected chi connectivity index (χ2v) is 24.9. The largest absolute Gasteiger partial charge is 0.394 e. The Kier molecular flexibility index (Phi) is 36.5. The van der Waals surface area contributed by atoms with Crippen LogP contribution in [-0.4, -0.2) is 342 Å². The van der Waals surface area contributed by atoms with E-state index in [-0.39, 0.29) is 174 Å². The number of nitrogens with one attached hydrogen (secondary N) is 6. The number of hydrogen-bond donors (Lipinski definition) is 16. The van der Waals surface area contributed by atoms with Gasteiger partial charge in [0, 0.05) is 103 Å². The molecule has 0 aliphatic carbocycles. The highest BCUT2D eigenvalue weighted by molar-refractivity contribution is 5.78. The molecule has 0 bridgehead atoms. The highest BCUT2D eigenvalue weighted by Crippen LogP contribution is 2.28. The van der Waals surface area contributed by atoms with Gasteiger partial charge >= 0.3 is 0 Å². The minimum atomic E-state index is -1.40. The summed E-state index contributed by atoms with van der Waals surface area (Å²) >= 11 is 0.